The Morgan fingerprint density at radius 1 is 1.47 bits per heavy atom. The number of nitrogens with zero attached hydrogens (tertiary/aromatic N) is 2. The van der Waals surface area contributed by atoms with Crippen LogP contribution < -0.4 is 0 Å². The second kappa shape index (κ2) is 4.49. The molecular weight excluding hydrogens is 192 g/mol. The van der Waals surface area contributed by atoms with Crippen LogP contribution in [0.5, 0.6) is 0 Å². The molecule has 2 aliphatic rings. The molecule has 15 heavy (non-hydrogen) atoms. The van der Waals surface area contributed by atoms with Crippen molar-refractivity contribution in [1.82, 2.24) is 9.80 Å². The highest BCUT2D eigenvalue weighted by atomic mass is 16.4. The minimum atomic E-state index is -0.687. The van der Waals surface area contributed by atoms with Crippen LogP contribution in [-0.2, 0) is 4.79 Å². The van der Waals surface area contributed by atoms with E-state index in [1.165, 1.54) is 19.3 Å². The van der Waals surface area contributed by atoms with Crippen LogP contribution in [-0.4, -0.2) is 60.1 Å². The van der Waals surface area contributed by atoms with Gasteiger partial charge in [-0.2, -0.15) is 0 Å². The third-order valence-electron chi connectivity index (χ3n) is 3.38. The molecule has 0 amide bonds. The lowest BCUT2D eigenvalue weighted by atomic mass is 10.1. The average Bonchev–Trinajstić information content (AvgIpc) is 2.90. The van der Waals surface area contributed by atoms with Gasteiger partial charge in [0.2, 0.25) is 0 Å². The summed E-state index contributed by atoms with van der Waals surface area (Å²) in [5, 5.41) is 8.83. The zero-order valence-corrected chi connectivity index (χ0v) is 9.35. The van der Waals surface area contributed by atoms with Gasteiger partial charge in [-0.05, 0) is 38.8 Å². The van der Waals surface area contributed by atoms with Crippen molar-refractivity contribution >= 4 is 5.97 Å². The fourth-order valence-corrected chi connectivity index (χ4v) is 2.46. The number of rotatable bonds is 5. The highest BCUT2D eigenvalue weighted by Gasteiger charge is 2.33. The van der Waals surface area contributed by atoms with E-state index < -0.39 is 5.97 Å². The Morgan fingerprint density at radius 3 is 2.67 bits per heavy atom. The number of aliphatic carboxylic acids is 1. The van der Waals surface area contributed by atoms with Gasteiger partial charge in [-0.3, -0.25) is 9.69 Å². The average molecular weight is 212 g/mol. The normalized spacial score (nSPS) is 27.5. The lowest BCUT2D eigenvalue weighted by Crippen LogP contribution is -2.36. The minimum Gasteiger partial charge on any atom is -0.480 e. The van der Waals surface area contributed by atoms with Crippen LogP contribution in [0, 0.1) is 5.92 Å². The molecule has 0 aromatic rings. The topological polar surface area (TPSA) is 43.8 Å². The Balaban J connectivity index is 1.80. The van der Waals surface area contributed by atoms with Crippen LogP contribution in [0.4, 0.5) is 0 Å². The van der Waals surface area contributed by atoms with Crippen molar-refractivity contribution in [3.63, 3.8) is 0 Å². The molecule has 2 fully saturated rings. The van der Waals surface area contributed by atoms with Gasteiger partial charge in [-0.25, -0.2) is 0 Å². The molecule has 86 valence electrons. The Hall–Kier alpha value is -0.610. The summed E-state index contributed by atoms with van der Waals surface area (Å²) < 4.78 is 0. The summed E-state index contributed by atoms with van der Waals surface area (Å²) in [4.78, 5) is 15.2. The Morgan fingerprint density at radius 2 is 2.20 bits per heavy atom. The van der Waals surface area contributed by atoms with Crippen molar-refractivity contribution in [2.45, 2.75) is 25.3 Å². The molecule has 4 heteroatoms. The van der Waals surface area contributed by atoms with Gasteiger partial charge in [-0.15, -0.1) is 0 Å². The molecule has 2 rings (SSSR count). The number of hydrogen-bond acceptors (Lipinski definition) is 3. The lowest BCUT2D eigenvalue weighted by molar-refractivity contribution is -0.138. The number of likely N-dealkylation sites (tertiary alicyclic amines) is 1. The predicted molar refractivity (Wildman–Crippen MR) is 57.8 cm³/mol. The van der Waals surface area contributed by atoms with Crippen molar-refractivity contribution in [2.24, 2.45) is 5.92 Å². The molecule has 1 aliphatic heterocycles. The van der Waals surface area contributed by atoms with E-state index in [9.17, 15) is 4.79 Å². The molecule has 0 spiro atoms. The van der Waals surface area contributed by atoms with Crippen molar-refractivity contribution in [1.29, 1.82) is 0 Å². The van der Waals surface area contributed by atoms with E-state index in [0.717, 1.165) is 19.6 Å². The highest BCUT2D eigenvalue weighted by Crippen LogP contribution is 2.28. The van der Waals surface area contributed by atoms with Crippen LogP contribution in [0.25, 0.3) is 0 Å². The standard InChI is InChI=1S/C11H20N2O2/c1-12-5-4-9(6-12)7-13(8-11(14)15)10-2-3-10/h9-10H,2-8H2,1H3,(H,14,15). The third kappa shape index (κ3) is 3.18. The second-order valence-electron chi connectivity index (χ2n) is 4.97. The van der Waals surface area contributed by atoms with E-state index in [0.29, 0.717) is 12.0 Å². The molecule has 1 N–H and O–H groups in total. The number of carboxylic acids is 1. The monoisotopic (exact) mass is 212 g/mol. The molecule has 1 atom stereocenters. The Labute approximate surface area is 90.9 Å². The summed E-state index contributed by atoms with van der Waals surface area (Å²) in [5.74, 6) is -0.0109. The third-order valence-corrected chi connectivity index (χ3v) is 3.38. The van der Waals surface area contributed by atoms with Gasteiger partial charge < -0.3 is 10.0 Å². The number of carbonyl (C=O) groups is 1. The summed E-state index contributed by atoms with van der Waals surface area (Å²) in [7, 11) is 2.14. The smallest absolute Gasteiger partial charge is 0.317 e. The molecule has 0 aromatic heterocycles. The first-order valence-electron chi connectivity index (χ1n) is 5.79. The molecule has 0 aromatic carbocycles. The van der Waals surface area contributed by atoms with Crippen LogP contribution in [0.15, 0.2) is 0 Å². The first-order valence-corrected chi connectivity index (χ1v) is 5.79. The van der Waals surface area contributed by atoms with Crippen molar-refractivity contribution in [3.05, 3.63) is 0 Å². The first-order chi connectivity index (χ1) is 7.15. The number of hydrogen-bond donors (Lipinski definition) is 1. The van der Waals surface area contributed by atoms with E-state index >= 15 is 0 Å². The number of carboxylic acid groups (broad SMARTS) is 1. The van der Waals surface area contributed by atoms with Crippen LogP contribution in [0.3, 0.4) is 0 Å². The fourth-order valence-electron chi connectivity index (χ4n) is 2.46. The van der Waals surface area contributed by atoms with E-state index in [4.69, 9.17) is 5.11 Å². The zero-order chi connectivity index (χ0) is 10.8. The summed E-state index contributed by atoms with van der Waals surface area (Å²) >= 11 is 0. The maximum Gasteiger partial charge on any atom is 0.317 e. The quantitative estimate of drug-likeness (QED) is 0.720. The molecule has 0 radical (unpaired) electrons. The fraction of sp³-hybridized carbons (Fsp3) is 0.909. The predicted octanol–water partition coefficient (Wildman–Crippen LogP) is 0.487. The summed E-state index contributed by atoms with van der Waals surface area (Å²) in [6.07, 6.45) is 3.60. The first kappa shape index (κ1) is 10.9. The molecule has 1 aliphatic carbocycles. The van der Waals surface area contributed by atoms with Gasteiger partial charge in [0.1, 0.15) is 0 Å². The highest BCUT2D eigenvalue weighted by molar-refractivity contribution is 5.69. The van der Waals surface area contributed by atoms with Crippen LogP contribution in [0.1, 0.15) is 19.3 Å². The lowest BCUT2D eigenvalue weighted by Gasteiger charge is -2.23. The molecule has 1 saturated heterocycles. The maximum atomic E-state index is 10.7. The van der Waals surface area contributed by atoms with E-state index in [1.54, 1.807) is 0 Å². The summed E-state index contributed by atoms with van der Waals surface area (Å²) in [6, 6.07) is 0.562. The van der Waals surface area contributed by atoms with Gasteiger partial charge in [0.15, 0.2) is 0 Å². The molecule has 1 unspecified atom stereocenters. The molecular formula is C11H20N2O2. The molecule has 1 saturated carbocycles. The van der Waals surface area contributed by atoms with E-state index in [2.05, 4.69) is 16.8 Å². The van der Waals surface area contributed by atoms with Crippen LogP contribution in [0.2, 0.25) is 0 Å². The Bertz CT molecular complexity index is 241. The summed E-state index contributed by atoms with van der Waals surface area (Å²) in [6.45, 7) is 3.49. The SMILES string of the molecule is CN1CCC(CN(CC(=O)O)C2CC2)C1. The van der Waals surface area contributed by atoms with E-state index in [-0.39, 0.29) is 6.54 Å². The molecule has 4 nitrogen and oxygen atoms in total. The largest absolute Gasteiger partial charge is 0.480 e. The van der Waals surface area contributed by atoms with Gasteiger partial charge in [-0.1, -0.05) is 0 Å². The minimum absolute atomic E-state index is 0.227. The van der Waals surface area contributed by atoms with Crippen molar-refractivity contribution in [2.75, 3.05) is 33.2 Å². The maximum absolute atomic E-state index is 10.7. The second-order valence-corrected chi connectivity index (χ2v) is 4.97. The molecule has 1 heterocycles. The van der Waals surface area contributed by atoms with Gasteiger partial charge in [0.05, 0.1) is 6.54 Å². The van der Waals surface area contributed by atoms with E-state index in [1.807, 2.05) is 0 Å². The molecule has 0 bridgehead atoms. The zero-order valence-electron chi connectivity index (χ0n) is 9.35. The van der Waals surface area contributed by atoms with Gasteiger partial charge in [0, 0.05) is 19.1 Å². The van der Waals surface area contributed by atoms with Crippen molar-refractivity contribution < 1.29 is 9.90 Å². The van der Waals surface area contributed by atoms with Gasteiger partial charge in [0.25, 0.3) is 0 Å². The van der Waals surface area contributed by atoms with Gasteiger partial charge >= 0.3 is 5.97 Å². The Kier molecular flexibility index (Phi) is 3.26. The van der Waals surface area contributed by atoms with Crippen molar-refractivity contribution in [3.8, 4) is 0 Å². The summed E-state index contributed by atoms with van der Waals surface area (Å²) in [5.41, 5.74) is 0. The van der Waals surface area contributed by atoms with Crippen LogP contribution >= 0.6 is 0 Å².